The number of pyridine rings is 1. The number of fused-ring (bicyclic) bond motifs is 1. The van der Waals surface area contributed by atoms with Gasteiger partial charge < -0.3 is 19.7 Å². The lowest BCUT2D eigenvalue weighted by molar-refractivity contribution is -0.143. The monoisotopic (exact) mass is 546 g/mol. The molecule has 0 fully saturated rings. The lowest BCUT2D eigenvalue weighted by Crippen LogP contribution is -2.44. The Bertz CT molecular complexity index is 1370. The number of aromatic nitrogens is 2. The first-order valence-electron chi connectivity index (χ1n) is 13.6. The van der Waals surface area contributed by atoms with Crippen molar-refractivity contribution in [2.24, 2.45) is 18.9 Å². The summed E-state index contributed by atoms with van der Waals surface area (Å²) in [5, 5.41) is 12.6. The number of nitrogens with zero attached hydrogens (tertiary/aromatic N) is 3. The second-order valence-electron chi connectivity index (χ2n) is 10.6. The first-order chi connectivity index (χ1) is 19.1. The molecular formula is C31H38N4O5. The van der Waals surface area contributed by atoms with Crippen molar-refractivity contribution in [2.75, 3.05) is 6.61 Å². The van der Waals surface area contributed by atoms with E-state index in [9.17, 15) is 19.5 Å². The number of hydrogen-bond donors (Lipinski definition) is 2. The summed E-state index contributed by atoms with van der Waals surface area (Å²) in [5.41, 5.74) is 3.50. The number of unbranched alkanes of at least 4 members (excludes halogenated alkanes) is 1. The summed E-state index contributed by atoms with van der Waals surface area (Å²) in [6, 6.07) is 10.7. The van der Waals surface area contributed by atoms with Gasteiger partial charge in [-0.15, -0.1) is 0 Å². The molecule has 2 N–H and O–H groups in total. The summed E-state index contributed by atoms with van der Waals surface area (Å²) in [7, 11) is 1.87. The van der Waals surface area contributed by atoms with Gasteiger partial charge in [0.05, 0.1) is 13.2 Å². The predicted molar refractivity (Wildman–Crippen MR) is 153 cm³/mol. The number of carboxylic acids is 1. The van der Waals surface area contributed by atoms with E-state index in [-0.39, 0.29) is 30.5 Å². The number of nitrogens with one attached hydrogen (secondary N) is 1. The minimum Gasteiger partial charge on any atom is -0.480 e. The number of aryl methyl sites for hydroxylation is 1. The highest BCUT2D eigenvalue weighted by atomic mass is 16.5. The maximum absolute atomic E-state index is 13.6. The van der Waals surface area contributed by atoms with Crippen molar-refractivity contribution < 1.29 is 24.2 Å². The third-order valence-electron chi connectivity index (χ3n) is 6.92. The number of carbonyl (C=O) groups excluding carboxylic acids is 2. The van der Waals surface area contributed by atoms with Gasteiger partial charge in [-0.3, -0.25) is 9.59 Å². The fourth-order valence-electron chi connectivity index (χ4n) is 4.83. The lowest BCUT2D eigenvalue weighted by Gasteiger charge is -2.19. The van der Waals surface area contributed by atoms with Crippen LogP contribution in [0.1, 0.15) is 68.1 Å². The fourth-order valence-corrected chi connectivity index (χ4v) is 4.83. The molecule has 0 spiro atoms. The largest absolute Gasteiger partial charge is 0.480 e. The maximum atomic E-state index is 13.6. The standard InChI is InChI=1S/C31H38N4O5/c1-20(2)29(31(38)39)34-27(37)16-21(3)15-26(36)28-24-17-23(32-4)18-33-30(24)35(5)25(28)13-9-10-14-40-19-22-11-7-6-8-12-22/h6-8,11-12,17-18,20-21,29H,9-10,13-16,19H2,1-3,5H3,(H,34,37)(H,38,39)/t21-,29-/m0/s1. The molecule has 40 heavy (non-hydrogen) atoms. The Hall–Kier alpha value is -4.03. The Kier molecular flexibility index (Phi) is 11.0. The van der Waals surface area contributed by atoms with Crippen molar-refractivity contribution in [1.29, 1.82) is 0 Å². The number of ether oxygens (including phenoxy) is 1. The van der Waals surface area contributed by atoms with E-state index >= 15 is 0 Å². The van der Waals surface area contributed by atoms with E-state index in [1.807, 2.05) is 41.9 Å². The summed E-state index contributed by atoms with van der Waals surface area (Å²) >= 11 is 0. The van der Waals surface area contributed by atoms with Crippen molar-refractivity contribution in [3.05, 3.63) is 70.8 Å². The molecule has 0 saturated heterocycles. The smallest absolute Gasteiger partial charge is 0.326 e. The highest BCUT2D eigenvalue weighted by molar-refractivity contribution is 6.09. The summed E-state index contributed by atoms with van der Waals surface area (Å²) < 4.78 is 7.72. The van der Waals surface area contributed by atoms with Crippen LogP contribution in [0.25, 0.3) is 15.9 Å². The van der Waals surface area contributed by atoms with Gasteiger partial charge in [0.1, 0.15) is 11.7 Å². The van der Waals surface area contributed by atoms with Crippen LogP contribution in [-0.2, 0) is 34.4 Å². The summed E-state index contributed by atoms with van der Waals surface area (Å²) in [6.07, 6.45) is 3.91. The van der Waals surface area contributed by atoms with Gasteiger partial charge in [0.25, 0.3) is 0 Å². The van der Waals surface area contributed by atoms with Crippen LogP contribution in [0, 0.1) is 18.4 Å². The molecule has 1 aromatic carbocycles. The molecule has 0 bridgehead atoms. The van der Waals surface area contributed by atoms with Gasteiger partial charge in [-0.1, -0.05) is 51.1 Å². The van der Waals surface area contributed by atoms with E-state index in [2.05, 4.69) is 15.1 Å². The average Bonchev–Trinajstić information content (AvgIpc) is 3.19. The van der Waals surface area contributed by atoms with E-state index in [0.29, 0.717) is 41.9 Å². The molecular weight excluding hydrogens is 508 g/mol. The van der Waals surface area contributed by atoms with Gasteiger partial charge in [-0.25, -0.2) is 14.6 Å². The zero-order valence-electron chi connectivity index (χ0n) is 23.6. The zero-order valence-corrected chi connectivity index (χ0v) is 23.6. The third kappa shape index (κ3) is 7.99. The third-order valence-corrected chi connectivity index (χ3v) is 6.92. The molecule has 0 aliphatic rings. The molecule has 0 aliphatic heterocycles. The molecule has 0 saturated carbocycles. The van der Waals surface area contributed by atoms with Gasteiger partial charge in [0, 0.05) is 49.3 Å². The second kappa shape index (κ2) is 14.4. The Balaban J connectivity index is 1.70. The number of ketones is 1. The van der Waals surface area contributed by atoms with Crippen LogP contribution >= 0.6 is 0 Å². The molecule has 9 nitrogen and oxygen atoms in total. The molecule has 3 rings (SSSR count). The minimum absolute atomic E-state index is 0.0344. The van der Waals surface area contributed by atoms with Gasteiger partial charge in [0.15, 0.2) is 5.78 Å². The van der Waals surface area contributed by atoms with E-state index in [0.717, 1.165) is 24.1 Å². The number of amides is 1. The summed E-state index contributed by atoms with van der Waals surface area (Å²) in [4.78, 5) is 45.6. The summed E-state index contributed by atoms with van der Waals surface area (Å²) in [5.74, 6) is -2.16. The fraction of sp³-hybridized carbons (Fsp3) is 0.452. The molecule has 0 aliphatic carbocycles. The van der Waals surface area contributed by atoms with Crippen LogP contribution < -0.4 is 5.32 Å². The number of rotatable bonds is 15. The topological polar surface area (TPSA) is 115 Å². The molecule has 0 radical (unpaired) electrons. The highest BCUT2D eigenvalue weighted by Crippen LogP contribution is 2.30. The molecule has 2 aromatic heterocycles. The SMILES string of the molecule is [C-]#[N+]c1cnc2c(c1)c(C(=O)C[C@H](C)CC(=O)N[C@H](C(=O)O)C(C)C)c(CCCCOCc1ccccc1)n2C. The second-order valence-corrected chi connectivity index (χ2v) is 10.6. The van der Waals surface area contributed by atoms with E-state index in [1.54, 1.807) is 26.8 Å². The minimum atomic E-state index is -1.08. The molecule has 212 valence electrons. The van der Waals surface area contributed by atoms with Crippen LogP contribution in [0.15, 0.2) is 42.6 Å². The number of carboxylic acid groups (broad SMARTS) is 1. The van der Waals surface area contributed by atoms with Crippen LogP contribution in [0.5, 0.6) is 0 Å². The quantitative estimate of drug-likeness (QED) is 0.148. The first-order valence-corrected chi connectivity index (χ1v) is 13.6. The van der Waals surface area contributed by atoms with Gasteiger partial charge >= 0.3 is 5.97 Å². The van der Waals surface area contributed by atoms with E-state index in [1.165, 1.54) is 6.20 Å². The Morgan fingerprint density at radius 2 is 1.85 bits per heavy atom. The van der Waals surface area contributed by atoms with Crippen LogP contribution in [0.3, 0.4) is 0 Å². The van der Waals surface area contributed by atoms with Gasteiger partial charge in [-0.05, 0) is 42.7 Å². The van der Waals surface area contributed by atoms with Crippen molar-refractivity contribution >= 4 is 34.4 Å². The Morgan fingerprint density at radius 3 is 2.50 bits per heavy atom. The number of benzene rings is 1. The average molecular weight is 547 g/mol. The first kappa shape index (κ1) is 30.5. The molecule has 1 amide bonds. The number of Topliss-reactive ketones (excluding diaryl/α,β-unsaturated/α-hetero) is 1. The van der Waals surface area contributed by atoms with E-state index < -0.39 is 17.9 Å². The zero-order chi connectivity index (χ0) is 29.2. The van der Waals surface area contributed by atoms with Gasteiger partial charge in [0.2, 0.25) is 11.6 Å². The number of hydrogen-bond acceptors (Lipinski definition) is 5. The van der Waals surface area contributed by atoms with Crippen LogP contribution in [0.4, 0.5) is 5.69 Å². The normalized spacial score (nSPS) is 12.7. The van der Waals surface area contributed by atoms with Crippen molar-refractivity contribution in [2.45, 2.75) is 65.5 Å². The number of carbonyl (C=O) groups is 3. The maximum Gasteiger partial charge on any atom is 0.326 e. The van der Waals surface area contributed by atoms with E-state index in [4.69, 9.17) is 11.3 Å². The molecule has 2 heterocycles. The lowest BCUT2D eigenvalue weighted by atomic mass is 9.94. The van der Waals surface area contributed by atoms with Crippen LogP contribution in [0.2, 0.25) is 0 Å². The summed E-state index contributed by atoms with van der Waals surface area (Å²) in [6.45, 7) is 13.8. The number of aliphatic carboxylic acids is 1. The van der Waals surface area contributed by atoms with Crippen molar-refractivity contribution in [3.8, 4) is 0 Å². The molecule has 9 heteroatoms. The van der Waals surface area contributed by atoms with Crippen molar-refractivity contribution in [1.82, 2.24) is 14.9 Å². The Labute approximate surface area is 235 Å². The van der Waals surface area contributed by atoms with Crippen LogP contribution in [-0.4, -0.2) is 45.0 Å². The molecule has 0 unspecified atom stereocenters. The predicted octanol–water partition coefficient (Wildman–Crippen LogP) is 5.49. The van der Waals surface area contributed by atoms with Gasteiger partial charge in [-0.2, -0.15) is 0 Å². The Morgan fingerprint density at radius 1 is 1.12 bits per heavy atom. The molecule has 3 aromatic rings. The van der Waals surface area contributed by atoms with Crippen molar-refractivity contribution in [3.63, 3.8) is 0 Å². The molecule has 2 atom stereocenters. The highest BCUT2D eigenvalue weighted by Gasteiger charge is 2.26.